The number of pyridine rings is 1. The number of thiocarbonyl (C=S) groups is 1. The van der Waals surface area contributed by atoms with Crippen molar-refractivity contribution in [3.63, 3.8) is 0 Å². The van der Waals surface area contributed by atoms with Gasteiger partial charge in [-0.2, -0.15) is 0 Å². The summed E-state index contributed by atoms with van der Waals surface area (Å²) in [5.74, 6) is -0.579. The number of anilines is 1. The zero-order valence-corrected chi connectivity index (χ0v) is 9.25. The van der Waals surface area contributed by atoms with Gasteiger partial charge in [0.05, 0.1) is 10.9 Å². The molecule has 4 nitrogen and oxygen atoms in total. The van der Waals surface area contributed by atoms with E-state index in [1.807, 2.05) is 6.92 Å². The van der Waals surface area contributed by atoms with Gasteiger partial charge in [0.25, 0.3) is 0 Å². The van der Waals surface area contributed by atoms with Crippen LogP contribution in [0.25, 0.3) is 0 Å². The van der Waals surface area contributed by atoms with Crippen molar-refractivity contribution in [2.75, 3.05) is 5.32 Å². The molecule has 0 saturated carbocycles. The predicted octanol–water partition coefficient (Wildman–Crippen LogP) is 1.33. The fourth-order valence-corrected chi connectivity index (χ4v) is 1.45. The quantitative estimate of drug-likeness (QED) is 0.756. The van der Waals surface area contributed by atoms with E-state index in [9.17, 15) is 4.79 Å². The van der Waals surface area contributed by atoms with E-state index in [0.717, 1.165) is 0 Å². The van der Waals surface area contributed by atoms with Gasteiger partial charge in [0, 0.05) is 18.1 Å². The van der Waals surface area contributed by atoms with Crippen LogP contribution in [0.5, 0.6) is 0 Å². The fraction of sp³-hybridized carbons (Fsp3) is 0.300. The van der Waals surface area contributed by atoms with Crippen molar-refractivity contribution >= 4 is 28.8 Å². The first-order valence-corrected chi connectivity index (χ1v) is 5.06. The number of rotatable bonds is 4. The van der Waals surface area contributed by atoms with Crippen LogP contribution >= 0.6 is 12.2 Å². The normalized spacial score (nSPS) is 11.8. The molecule has 0 aliphatic carbocycles. The number of hydrogen-bond acceptors (Lipinski definition) is 3. The van der Waals surface area contributed by atoms with Crippen LogP contribution < -0.4 is 11.1 Å². The van der Waals surface area contributed by atoms with Gasteiger partial charge in [-0.25, -0.2) is 0 Å². The maximum atomic E-state index is 11.7. The van der Waals surface area contributed by atoms with Gasteiger partial charge >= 0.3 is 0 Å². The lowest BCUT2D eigenvalue weighted by molar-refractivity contribution is -0.118. The number of aromatic nitrogens is 1. The Bertz CT molecular complexity index is 353. The molecule has 80 valence electrons. The number of nitrogens with two attached hydrogens (primary N) is 1. The van der Waals surface area contributed by atoms with Crippen molar-refractivity contribution in [1.29, 1.82) is 0 Å². The first kappa shape index (κ1) is 11.6. The Morgan fingerprint density at radius 3 is 2.67 bits per heavy atom. The molecule has 15 heavy (non-hydrogen) atoms. The summed E-state index contributed by atoms with van der Waals surface area (Å²) in [4.78, 5) is 15.8. The Labute approximate surface area is 93.9 Å². The smallest absolute Gasteiger partial charge is 0.234 e. The molecule has 0 fully saturated rings. The average Bonchev–Trinajstić information content (AvgIpc) is 2.19. The summed E-state index contributed by atoms with van der Waals surface area (Å²) < 4.78 is 0. The van der Waals surface area contributed by atoms with Crippen LogP contribution in [0.3, 0.4) is 0 Å². The van der Waals surface area contributed by atoms with E-state index in [1.165, 1.54) is 0 Å². The first-order valence-electron chi connectivity index (χ1n) is 4.65. The van der Waals surface area contributed by atoms with E-state index in [-0.39, 0.29) is 10.9 Å². The zero-order chi connectivity index (χ0) is 11.3. The molecule has 3 N–H and O–H groups in total. The van der Waals surface area contributed by atoms with Crippen LogP contribution in [0.15, 0.2) is 24.5 Å². The zero-order valence-electron chi connectivity index (χ0n) is 8.43. The lowest BCUT2D eigenvalue weighted by Crippen LogP contribution is -2.32. The average molecular weight is 223 g/mol. The molecular formula is C10H13N3OS. The summed E-state index contributed by atoms with van der Waals surface area (Å²) in [5, 5.41) is 2.73. The number of nitrogens with zero attached hydrogens (tertiary/aromatic N) is 1. The van der Waals surface area contributed by atoms with E-state index >= 15 is 0 Å². The number of carbonyl (C=O) groups excluding carboxylic acids is 1. The Hall–Kier alpha value is -1.49. The summed E-state index contributed by atoms with van der Waals surface area (Å²) in [6.45, 7) is 1.87. The van der Waals surface area contributed by atoms with E-state index in [1.54, 1.807) is 24.5 Å². The second-order valence-corrected chi connectivity index (χ2v) is 3.56. The summed E-state index contributed by atoms with van der Waals surface area (Å²) in [5.41, 5.74) is 6.16. The summed E-state index contributed by atoms with van der Waals surface area (Å²) in [6.07, 6.45) is 3.82. The van der Waals surface area contributed by atoms with Crippen molar-refractivity contribution in [2.45, 2.75) is 13.3 Å². The van der Waals surface area contributed by atoms with E-state index in [2.05, 4.69) is 10.3 Å². The SMILES string of the molecule is CCC(C(=O)Nc1ccncc1)C(N)=S. The molecule has 0 radical (unpaired) electrons. The number of nitrogens with one attached hydrogen (secondary N) is 1. The predicted molar refractivity (Wildman–Crippen MR) is 63.4 cm³/mol. The lowest BCUT2D eigenvalue weighted by atomic mass is 10.1. The minimum Gasteiger partial charge on any atom is -0.393 e. The summed E-state index contributed by atoms with van der Waals surface area (Å²) >= 11 is 4.81. The maximum Gasteiger partial charge on any atom is 0.234 e. The van der Waals surface area contributed by atoms with Crippen LogP contribution in [0, 0.1) is 5.92 Å². The van der Waals surface area contributed by atoms with Gasteiger partial charge in [-0.15, -0.1) is 0 Å². The first-order chi connectivity index (χ1) is 7.15. The van der Waals surface area contributed by atoms with E-state index in [4.69, 9.17) is 18.0 Å². The molecule has 1 atom stereocenters. The van der Waals surface area contributed by atoms with Gasteiger partial charge in [0.1, 0.15) is 0 Å². The number of carbonyl (C=O) groups is 1. The Morgan fingerprint density at radius 2 is 2.20 bits per heavy atom. The van der Waals surface area contributed by atoms with Gasteiger partial charge in [-0.1, -0.05) is 19.1 Å². The fourth-order valence-electron chi connectivity index (χ4n) is 1.18. The second-order valence-electron chi connectivity index (χ2n) is 3.09. The van der Waals surface area contributed by atoms with Crippen molar-refractivity contribution in [3.8, 4) is 0 Å². The largest absolute Gasteiger partial charge is 0.393 e. The lowest BCUT2D eigenvalue weighted by Gasteiger charge is -2.12. The van der Waals surface area contributed by atoms with Gasteiger partial charge in [0.15, 0.2) is 0 Å². The minimum atomic E-state index is -0.409. The summed E-state index contributed by atoms with van der Waals surface area (Å²) in [6, 6.07) is 3.42. The molecule has 0 bridgehead atoms. The van der Waals surface area contributed by atoms with Gasteiger partial charge in [-0.3, -0.25) is 9.78 Å². The molecule has 0 spiro atoms. The second kappa shape index (κ2) is 5.41. The highest BCUT2D eigenvalue weighted by Crippen LogP contribution is 2.09. The topological polar surface area (TPSA) is 68.0 Å². The van der Waals surface area contributed by atoms with Crippen molar-refractivity contribution < 1.29 is 4.79 Å². The molecule has 0 saturated heterocycles. The molecule has 1 heterocycles. The molecule has 5 heteroatoms. The van der Waals surface area contributed by atoms with E-state index in [0.29, 0.717) is 12.1 Å². The molecule has 1 aromatic rings. The molecule has 0 aliphatic heterocycles. The molecule has 1 aromatic heterocycles. The molecule has 0 aromatic carbocycles. The standard InChI is InChI=1S/C10H13N3OS/c1-2-8(9(11)15)10(14)13-7-3-5-12-6-4-7/h3-6,8H,2H2,1H3,(H2,11,15)(H,12,13,14). The van der Waals surface area contributed by atoms with Crippen molar-refractivity contribution in [1.82, 2.24) is 4.98 Å². The van der Waals surface area contributed by atoms with Gasteiger partial charge in [-0.05, 0) is 18.6 Å². The van der Waals surface area contributed by atoms with Gasteiger partial charge < -0.3 is 11.1 Å². The van der Waals surface area contributed by atoms with Crippen molar-refractivity contribution in [3.05, 3.63) is 24.5 Å². The van der Waals surface area contributed by atoms with Gasteiger partial charge in [0.2, 0.25) is 5.91 Å². The minimum absolute atomic E-state index is 0.170. The highest BCUT2D eigenvalue weighted by Gasteiger charge is 2.18. The molecule has 1 amide bonds. The summed E-state index contributed by atoms with van der Waals surface area (Å²) in [7, 11) is 0. The van der Waals surface area contributed by atoms with Crippen LogP contribution in [0.1, 0.15) is 13.3 Å². The highest BCUT2D eigenvalue weighted by molar-refractivity contribution is 7.80. The molecule has 1 unspecified atom stereocenters. The number of amides is 1. The third kappa shape index (κ3) is 3.28. The Kier molecular flexibility index (Phi) is 4.17. The Balaban J connectivity index is 2.66. The Morgan fingerprint density at radius 1 is 1.60 bits per heavy atom. The molecular weight excluding hydrogens is 210 g/mol. The van der Waals surface area contributed by atoms with Crippen LogP contribution in [0.4, 0.5) is 5.69 Å². The maximum absolute atomic E-state index is 11.7. The molecule has 0 aliphatic rings. The third-order valence-corrected chi connectivity index (χ3v) is 2.30. The van der Waals surface area contributed by atoms with Crippen LogP contribution in [0.2, 0.25) is 0 Å². The molecule has 1 rings (SSSR count). The highest BCUT2D eigenvalue weighted by atomic mass is 32.1. The van der Waals surface area contributed by atoms with E-state index < -0.39 is 5.92 Å². The van der Waals surface area contributed by atoms with Crippen molar-refractivity contribution in [2.24, 2.45) is 11.7 Å². The third-order valence-electron chi connectivity index (χ3n) is 2.02. The van der Waals surface area contributed by atoms with Crippen LogP contribution in [-0.4, -0.2) is 15.9 Å². The number of hydrogen-bond donors (Lipinski definition) is 2. The van der Waals surface area contributed by atoms with Crippen LogP contribution in [-0.2, 0) is 4.79 Å². The monoisotopic (exact) mass is 223 g/mol.